The van der Waals surface area contributed by atoms with Gasteiger partial charge in [0.05, 0.1) is 35.7 Å². The number of anilines is 1. The largest absolute Gasteiger partial charge is 0.481 e. The average molecular weight is 446 g/mol. The second kappa shape index (κ2) is 7.76. The van der Waals surface area contributed by atoms with Crippen molar-refractivity contribution in [1.29, 1.82) is 0 Å². The van der Waals surface area contributed by atoms with Gasteiger partial charge < -0.3 is 19.3 Å². The molecule has 1 N–H and O–H groups in total. The van der Waals surface area contributed by atoms with E-state index >= 15 is 0 Å². The number of aromatic nitrogens is 4. The third kappa shape index (κ3) is 3.63. The van der Waals surface area contributed by atoms with E-state index in [0.717, 1.165) is 23.2 Å². The molecule has 0 unspecified atom stereocenters. The minimum Gasteiger partial charge on any atom is -0.481 e. The molecule has 0 aliphatic carbocycles. The lowest BCUT2D eigenvalue weighted by molar-refractivity contribution is 0.278. The SMILES string of the molecule is COc1nc(N2CCn3c(nc4cc(CO)c(S(C)(=O)=O)cc43)[C@H]2C(C)C)ncc1C. The molecule has 1 aliphatic heterocycles. The predicted molar refractivity (Wildman–Crippen MR) is 117 cm³/mol. The number of aliphatic hydroxyl groups excluding tert-OH is 1. The topological polar surface area (TPSA) is 110 Å². The fourth-order valence-electron chi connectivity index (χ4n) is 4.27. The van der Waals surface area contributed by atoms with Crippen molar-refractivity contribution >= 4 is 26.8 Å². The molecular formula is C21H27N5O4S. The Morgan fingerprint density at radius 1 is 1.26 bits per heavy atom. The number of rotatable bonds is 5. The van der Waals surface area contributed by atoms with Crippen LogP contribution in [0.25, 0.3) is 11.0 Å². The van der Waals surface area contributed by atoms with E-state index < -0.39 is 9.84 Å². The first-order valence-corrected chi connectivity index (χ1v) is 12.0. The Hall–Kier alpha value is -2.72. The van der Waals surface area contributed by atoms with Crippen LogP contribution in [0.15, 0.2) is 23.2 Å². The summed E-state index contributed by atoms with van der Waals surface area (Å²) < 4.78 is 32.0. The van der Waals surface area contributed by atoms with Crippen LogP contribution in [-0.4, -0.2) is 53.0 Å². The number of imidazole rings is 1. The fraction of sp³-hybridized carbons (Fsp3) is 0.476. The van der Waals surface area contributed by atoms with Crippen molar-refractivity contribution in [3.8, 4) is 5.88 Å². The number of methoxy groups -OCH3 is 1. The molecular weight excluding hydrogens is 418 g/mol. The van der Waals surface area contributed by atoms with Gasteiger partial charge in [-0.2, -0.15) is 4.98 Å². The molecule has 1 aliphatic rings. The molecule has 0 bridgehead atoms. The number of aryl methyl sites for hydroxylation is 1. The number of ether oxygens (including phenoxy) is 1. The van der Waals surface area contributed by atoms with Crippen molar-refractivity contribution in [2.45, 2.75) is 44.9 Å². The van der Waals surface area contributed by atoms with E-state index in [9.17, 15) is 13.5 Å². The van der Waals surface area contributed by atoms with Gasteiger partial charge in [0.15, 0.2) is 9.84 Å². The predicted octanol–water partition coefficient (Wildman–Crippen LogP) is 2.26. The molecule has 0 saturated heterocycles. The second-order valence-electron chi connectivity index (χ2n) is 8.25. The molecule has 3 aromatic rings. The van der Waals surface area contributed by atoms with Gasteiger partial charge in [0.2, 0.25) is 11.8 Å². The third-order valence-electron chi connectivity index (χ3n) is 5.69. The third-order valence-corrected chi connectivity index (χ3v) is 6.87. The summed E-state index contributed by atoms with van der Waals surface area (Å²) in [5.41, 5.74) is 2.64. The van der Waals surface area contributed by atoms with E-state index in [-0.39, 0.29) is 23.5 Å². The van der Waals surface area contributed by atoms with Crippen LogP contribution >= 0.6 is 0 Å². The van der Waals surface area contributed by atoms with Gasteiger partial charge in [-0.3, -0.25) is 0 Å². The van der Waals surface area contributed by atoms with Gasteiger partial charge in [0.1, 0.15) is 5.82 Å². The first-order valence-electron chi connectivity index (χ1n) is 10.1. The summed E-state index contributed by atoms with van der Waals surface area (Å²) >= 11 is 0. The van der Waals surface area contributed by atoms with Crippen LogP contribution in [0.4, 0.5) is 5.95 Å². The van der Waals surface area contributed by atoms with E-state index in [4.69, 9.17) is 9.72 Å². The van der Waals surface area contributed by atoms with E-state index in [1.54, 1.807) is 25.4 Å². The van der Waals surface area contributed by atoms with E-state index in [1.165, 1.54) is 0 Å². The molecule has 10 heteroatoms. The molecule has 1 atom stereocenters. The highest BCUT2D eigenvalue weighted by atomic mass is 32.2. The molecule has 0 spiro atoms. The number of sulfone groups is 1. The maximum Gasteiger partial charge on any atom is 0.229 e. The number of hydrogen-bond donors (Lipinski definition) is 1. The number of hydrogen-bond acceptors (Lipinski definition) is 8. The molecule has 0 radical (unpaired) electrons. The summed E-state index contributed by atoms with van der Waals surface area (Å²) in [4.78, 5) is 16.2. The number of fused-ring (bicyclic) bond motifs is 3. The summed E-state index contributed by atoms with van der Waals surface area (Å²) in [6, 6.07) is 3.20. The molecule has 2 aromatic heterocycles. The highest BCUT2D eigenvalue weighted by Crippen LogP contribution is 2.37. The Morgan fingerprint density at radius 2 is 2.00 bits per heavy atom. The van der Waals surface area contributed by atoms with Gasteiger partial charge in [-0.15, -0.1) is 0 Å². The Labute approximate surface area is 181 Å². The van der Waals surface area contributed by atoms with Crippen molar-refractivity contribution in [1.82, 2.24) is 19.5 Å². The van der Waals surface area contributed by atoms with E-state index in [1.807, 2.05) is 6.92 Å². The summed E-state index contributed by atoms with van der Waals surface area (Å²) in [5, 5.41) is 9.71. The first-order chi connectivity index (χ1) is 14.7. The Kier molecular flexibility index (Phi) is 5.38. The highest BCUT2D eigenvalue weighted by molar-refractivity contribution is 7.90. The number of benzene rings is 1. The number of nitrogens with zero attached hydrogens (tertiary/aromatic N) is 5. The smallest absolute Gasteiger partial charge is 0.229 e. The van der Waals surface area contributed by atoms with Crippen molar-refractivity contribution < 1.29 is 18.3 Å². The molecule has 0 fully saturated rings. The van der Waals surface area contributed by atoms with E-state index in [2.05, 4.69) is 33.3 Å². The normalized spacial score (nSPS) is 16.7. The minimum atomic E-state index is -3.48. The maximum absolute atomic E-state index is 12.3. The van der Waals surface area contributed by atoms with Crippen LogP contribution in [0.3, 0.4) is 0 Å². The summed E-state index contributed by atoms with van der Waals surface area (Å²) in [5.74, 6) is 2.14. The lowest BCUT2D eigenvalue weighted by Crippen LogP contribution is -2.41. The van der Waals surface area contributed by atoms with Crippen molar-refractivity contribution in [2.24, 2.45) is 5.92 Å². The van der Waals surface area contributed by atoms with Crippen LogP contribution in [-0.2, 0) is 23.0 Å². The quantitative estimate of drug-likeness (QED) is 0.637. The highest BCUT2D eigenvalue weighted by Gasteiger charge is 2.35. The fourth-order valence-corrected chi connectivity index (χ4v) is 5.20. The summed E-state index contributed by atoms with van der Waals surface area (Å²) in [6.07, 6.45) is 2.91. The van der Waals surface area contributed by atoms with Crippen molar-refractivity contribution in [3.63, 3.8) is 0 Å². The lowest BCUT2D eigenvalue weighted by Gasteiger charge is -2.38. The van der Waals surface area contributed by atoms with Gasteiger partial charge in [-0.1, -0.05) is 13.8 Å². The van der Waals surface area contributed by atoms with Crippen molar-refractivity contribution in [3.05, 3.63) is 35.3 Å². The maximum atomic E-state index is 12.3. The van der Waals surface area contributed by atoms with Crippen LogP contribution in [0.5, 0.6) is 5.88 Å². The lowest BCUT2D eigenvalue weighted by atomic mass is 10.00. The average Bonchev–Trinajstić information content (AvgIpc) is 3.09. The molecule has 31 heavy (non-hydrogen) atoms. The van der Waals surface area contributed by atoms with Gasteiger partial charge in [0, 0.05) is 31.1 Å². The molecule has 1 aromatic carbocycles. The summed E-state index contributed by atoms with van der Waals surface area (Å²) in [6.45, 7) is 7.01. The van der Waals surface area contributed by atoms with Gasteiger partial charge in [0.25, 0.3) is 0 Å². The van der Waals surface area contributed by atoms with Crippen LogP contribution in [0, 0.1) is 12.8 Å². The molecule has 0 amide bonds. The van der Waals surface area contributed by atoms with Gasteiger partial charge in [-0.25, -0.2) is 18.4 Å². The zero-order valence-electron chi connectivity index (χ0n) is 18.3. The minimum absolute atomic E-state index is 0.104. The summed E-state index contributed by atoms with van der Waals surface area (Å²) in [7, 11) is -1.89. The van der Waals surface area contributed by atoms with Gasteiger partial charge >= 0.3 is 0 Å². The monoisotopic (exact) mass is 445 g/mol. The van der Waals surface area contributed by atoms with Crippen LogP contribution in [0.1, 0.15) is 36.8 Å². The van der Waals surface area contributed by atoms with Crippen molar-refractivity contribution in [2.75, 3.05) is 24.8 Å². The Bertz CT molecular complexity index is 1250. The number of aliphatic hydroxyl groups is 1. The van der Waals surface area contributed by atoms with Crippen LogP contribution < -0.4 is 9.64 Å². The zero-order chi connectivity index (χ0) is 22.5. The van der Waals surface area contributed by atoms with Gasteiger partial charge in [-0.05, 0) is 30.5 Å². The molecule has 3 heterocycles. The second-order valence-corrected chi connectivity index (χ2v) is 10.2. The molecule has 0 saturated carbocycles. The standard InChI is InChI=1S/C21H27N5O4S/c1-12(2)18-19-23-15-8-14(11-27)17(31(5,28)29)9-16(15)25(19)6-7-26(18)21-22-10-13(3)20(24-21)30-4/h8-10,12,18,27H,6-7,11H2,1-5H3/t18-/m1/s1. The Balaban J connectivity index is 1.88. The van der Waals surface area contributed by atoms with Crippen LogP contribution in [0.2, 0.25) is 0 Å². The Morgan fingerprint density at radius 3 is 2.61 bits per heavy atom. The first kappa shape index (κ1) is 21.5. The zero-order valence-corrected chi connectivity index (χ0v) is 19.1. The molecule has 4 rings (SSSR count). The molecule has 166 valence electrons. The molecule has 9 nitrogen and oxygen atoms in total. The van der Waals surface area contributed by atoms with E-state index in [0.29, 0.717) is 36.0 Å².